The molecule has 27 heavy (non-hydrogen) atoms. The van der Waals surface area contributed by atoms with E-state index in [0.29, 0.717) is 0 Å². The molecule has 148 valence electrons. The predicted molar refractivity (Wildman–Crippen MR) is 111 cm³/mol. The second kappa shape index (κ2) is 8.04. The third-order valence-corrected chi connectivity index (χ3v) is 5.94. The van der Waals surface area contributed by atoms with Gasteiger partial charge in [-0.25, -0.2) is 4.98 Å². The fourth-order valence-electron chi connectivity index (χ4n) is 4.38. The average Bonchev–Trinajstić information content (AvgIpc) is 3.01. The van der Waals surface area contributed by atoms with Gasteiger partial charge in [-0.05, 0) is 38.3 Å². The van der Waals surface area contributed by atoms with Crippen molar-refractivity contribution in [2.45, 2.75) is 78.6 Å². The molecular weight excluding hydrogens is 334 g/mol. The smallest absolute Gasteiger partial charge is 0.254 e. The summed E-state index contributed by atoms with van der Waals surface area (Å²) in [6.07, 6.45) is 9.91. The van der Waals surface area contributed by atoms with Crippen LogP contribution in [-0.2, 0) is 11.8 Å². The van der Waals surface area contributed by atoms with Crippen LogP contribution in [-0.4, -0.2) is 33.3 Å². The number of rotatable bonds is 5. The van der Waals surface area contributed by atoms with Crippen molar-refractivity contribution < 1.29 is 4.79 Å². The van der Waals surface area contributed by atoms with Crippen molar-refractivity contribution in [1.29, 1.82) is 0 Å². The highest BCUT2D eigenvalue weighted by Gasteiger charge is 2.27. The molecule has 0 aliphatic heterocycles. The standard InChI is InChI=1S/C23H35N3O/c1-6-25(7-2)22(27)18-13-14-26-19(15-17-11-9-8-10-12-17)21(23(3,4)5)24-20(26)16-18/h13-14,16-17H,6-12,15H2,1-5H3. The van der Waals surface area contributed by atoms with Crippen molar-refractivity contribution >= 4 is 11.6 Å². The summed E-state index contributed by atoms with van der Waals surface area (Å²) in [6, 6.07) is 3.94. The highest BCUT2D eigenvalue weighted by atomic mass is 16.2. The van der Waals surface area contributed by atoms with Gasteiger partial charge < -0.3 is 9.30 Å². The van der Waals surface area contributed by atoms with Gasteiger partial charge in [0.2, 0.25) is 0 Å². The van der Waals surface area contributed by atoms with E-state index in [4.69, 9.17) is 4.98 Å². The number of hydrogen-bond donors (Lipinski definition) is 0. The second-order valence-electron chi connectivity index (χ2n) is 8.99. The predicted octanol–water partition coefficient (Wildman–Crippen LogP) is 5.24. The zero-order valence-corrected chi connectivity index (χ0v) is 17.7. The number of pyridine rings is 1. The molecule has 1 fully saturated rings. The lowest BCUT2D eigenvalue weighted by Gasteiger charge is -2.24. The fourth-order valence-corrected chi connectivity index (χ4v) is 4.38. The van der Waals surface area contributed by atoms with E-state index in [9.17, 15) is 4.79 Å². The van der Waals surface area contributed by atoms with E-state index < -0.39 is 0 Å². The molecule has 0 N–H and O–H groups in total. The summed E-state index contributed by atoms with van der Waals surface area (Å²) in [7, 11) is 0. The van der Waals surface area contributed by atoms with Gasteiger partial charge in [0.15, 0.2) is 0 Å². The van der Waals surface area contributed by atoms with Crippen LogP contribution in [0.4, 0.5) is 0 Å². The molecular formula is C23H35N3O. The van der Waals surface area contributed by atoms with Gasteiger partial charge in [0.05, 0.1) is 5.69 Å². The van der Waals surface area contributed by atoms with Crippen LogP contribution in [0.1, 0.15) is 88.5 Å². The van der Waals surface area contributed by atoms with Crippen LogP contribution in [0, 0.1) is 5.92 Å². The summed E-state index contributed by atoms with van der Waals surface area (Å²) in [5.74, 6) is 0.855. The fraction of sp³-hybridized carbons (Fsp3) is 0.652. The van der Waals surface area contributed by atoms with Crippen molar-refractivity contribution in [2.75, 3.05) is 13.1 Å². The van der Waals surface area contributed by atoms with Crippen LogP contribution in [0.5, 0.6) is 0 Å². The van der Waals surface area contributed by atoms with Crippen LogP contribution in [0.3, 0.4) is 0 Å². The summed E-state index contributed by atoms with van der Waals surface area (Å²) in [4.78, 5) is 19.6. The Labute approximate surface area is 164 Å². The quantitative estimate of drug-likeness (QED) is 0.723. The highest BCUT2D eigenvalue weighted by Crippen LogP contribution is 2.32. The van der Waals surface area contributed by atoms with Gasteiger partial charge in [-0.3, -0.25) is 4.79 Å². The third kappa shape index (κ3) is 4.20. The van der Waals surface area contributed by atoms with Gasteiger partial charge >= 0.3 is 0 Å². The Kier molecular flexibility index (Phi) is 5.92. The molecule has 2 aromatic rings. The zero-order valence-electron chi connectivity index (χ0n) is 17.7. The first-order valence-corrected chi connectivity index (χ1v) is 10.7. The molecule has 0 aromatic carbocycles. The van der Waals surface area contributed by atoms with E-state index in [1.807, 2.05) is 30.9 Å². The lowest BCUT2D eigenvalue weighted by molar-refractivity contribution is 0.0773. The normalized spacial score (nSPS) is 16.0. The van der Waals surface area contributed by atoms with E-state index >= 15 is 0 Å². The zero-order chi connectivity index (χ0) is 19.6. The maximum atomic E-state index is 12.7. The van der Waals surface area contributed by atoms with E-state index in [-0.39, 0.29) is 11.3 Å². The van der Waals surface area contributed by atoms with Crippen molar-refractivity contribution in [3.63, 3.8) is 0 Å². The van der Waals surface area contributed by atoms with E-state index in [1.165, 1.54) is 43.5 Å². The van der Waals surface area contributed by atoms with Gasteiger partial charge in [0.1, 0.15) is 5.65 Å². The Morgan fingerprint density at radius 2 is 1.85 bits per heavy atom. The lowest BCUT2D eigenvalue weighted by atomic mass is 9.83. The minimum atomic E-state index is -0.000928. The number of hydrogen-bond acceptors (Lipinski definition) is 2. The minimum Gasteiger partial charge on any atom is -0.339 e. The molecule has 3 rings (SSSR count). The van der Waals surface area contributed by atoms with Crippen molar-refractivity contribution in [3.8, 4) is 0 Å². The maximum Gasteiger partial charge on any atom is 0.254 e. The number of carbonyl (C=O) groups is 1. The molecule has 0 radical (unpaired) electrons. The van der Waals surface area contributed by atoms with Gasteiger partial charge in [-0.1, -0.05) is 52.9 Å². The van der Waals surface area contributed by atoms with Gasteiger partial charge in [0, 0.05) is 36.0 Å². The lowest BCUT2D eigenvalue weighted by Crippen LogP contribution is -2.30. The highest BCUT2D eigenvalue weighted by molar-refractivity contribution is 5.95. The van der Waals surface area contributed by atoms with Gasteiger partial charge in [-0.2, -0.15) is 0 Å². The molecule has 4 nitrogen and oxygen atoms in total. The summed E-state index contributed by atoms with van der Waals surface area (Å²) in [6.45, 7) is 12.2. The number of imidazole rings is 1. The Hall–Kier alpha value is -1.84. The van der Waals surface area contributed by atoms with Crippen molar-refractivity contribution in [2.24, 2.45) is 5.92 Å². The van der Waals surface area contributed by atoms with Crippen LogP contribution in [0.25, 0.3) is 5.65 Å². The van der Waals surface area contributed by atoms with Crippen LogP contribution in [0.2, 0.25) is 0 Å². The summed E-state index contributed by atoms with van der Waals surface area (Å²) < 4.78 is 2.23. The molecule has 2 aromatic heterocycles. The SMILES string of the molecule is CCN(CC)C(=O)c1ccn2c(CC3CCCCC3)c(C(C)(C)C)nc2c1. The minimum absolute atomic E-state index is 0.000928. The van der Waals surface area contributed by atoms with E-state index in [1.54, 1.807) is 0 Å². The molecule has 2 heterocycles. The third-order valence-electron chi connectivity index (χ3n) is 5.94. The Morgan fingerprint density at radius 1 is 1.19 bits per heavy atom. The van der Waals surface area contributed by atoms with Crippen LogP contribution >= 0.6 is 0 Å². The topological polar surface area (TPSA) is 37.6 Å². The second-order valence-corrected chi connectivity index (χ2v) is 8.99. The maximum absolute atomic E-state index is 12.7. The summed E-state index contributed by atoms with van der Waals surface area (Å²) in [5.41, 5.74) is 4.16. The number of aromatic nitrogens is 2. The van der Waals surface area contributed by atoms with Crippen molar-refractivity contribution in [1.82, 2.24) is 14.3 Å². The number of fused-ring (bicyclic) bond motifs is 1. The first kappa shape index (κ1) is 19.9. The summed E-state index contributed by atoms with van der Waals surface area (Å²) in [5, 5.41) is 0. The van der Waals surface area contributed by atoms with Crippen LogP contribution < -0.4 is 0 Å². The van der Waals surface area contributed by atoms with Gasteiger partial charge in [-0.15, -0.1) is 0 Å². The van der Waals surface area contributed by atoms with E-state index in [0.717, 1.165) is 36.6 Å². The molecule has 0 atom stereocenters. The molecule has 0 spiro atoms. The Balaban J connectivity index is 2.01. The number of nitrogens with zero attached hydrogens (tertiary/aromatic N) is 3. The largest absolute Gasteiger partial charge is 0.339 e. The first-order valence-electron chi connectivity index (χ1n) is 10.7. The molecule has 4 heteroatoms. The molecule has 1 aliphatic carbocycles. The Morgan fingerprint density at radius 3 is 2.44 bits per heavy atom. The molecule has 1 aliphatic rings. The molecule has 1 saturated carbocycles. The molecule has 0 saturated heterocycles. The number of amides is 1. The van der Waals surface area contributed by atoms with Crippen LogP contribution in [0.15, 0.2) is 18.3 Å². The molecule has 0 bridgehead atoms. The van der Waals surface area contributed by atoms with Gasteiger partial charge in [0.25, 0.3) is 5.91 Å². The monoisotopic (exact) mass is 369 g/mol. The molecule has 0 unspecified atom stereocenters. The van der Waals surface area contributed by atoms with Crippen molar-refractivity contribution in [3.05, 3.63) is 35.3 Å². The molecule has 1 amide bonds. The Bertz CT molecular complexity index is 790. The average molecular weight is 370 g/mol. The number of carbonyl (C=O) groups excluding carboxylic acids is 1. The van der Waals surface area contributed by atoms with E-state index in [2.05, 4.69) is 31.4 Å². The first-order chi connectivity index (χ1) is 12.8. The summed E-state index contributed by atoms with van der Waals surface area (Å²) >= 11 is 0.